The first-order valence-corrected chi connectivity index (χ1v) is 6.38. The van der Waals surface area contributed by atoms with Gasteiger partial charge in [0.2, 0.25) is 0 Å². The van der Waals surface area contributed by atoms with E-state index in [0.717, 1.165) is 0 Å². The van der Waals surface area contributed by atoms with Crippen molar-refractivity contribution in [3.05, 3.63) is 33.8 Å². The van der Waals surface area contributed by atoms with Crippen LogP contribution in [-0.4, -0.2) is 40.2 Å². The summed E-state index contributed by atoms with van der Waals surface area (Å²) in [6.07, 6.45) is 0. The van der Waals surface area contributed by atoms with E-state index in [0.29, 0.717) is 9.80 Å². The van der Waals surface area contributed by atoms with Crippen LogP contribution in [-0.2, 0) is 20.9 Å². The smallest absolute Gasteiger partial charge is 0.334 e. The normalized spacial score (nSPS) is 15.0. The molecule has 1 aromatic carbocycles. The van der Waals surface area contributed by atoms with Crippen LogP contribution in [0.3, 0.4) is 0 Å². The molecule has 0 spiro atoms. The van der Waals surface area contributed by atoms with Crippen molar-refractivity contribution in [3.8, 4) is 0 Å². The summed E-state index contributed by atoms with van der Waals surface area (Å²) >= 11 is 11.8. The summed E-state index contributed by atoms with van der Waals surface area (Å²) in [5.41, 5.74) is 0.283. The molecule has 110 valence electrons. The molecule has 1 saturated heterocycles. The van der Waals surface area contributed by atoms with Crippen molar-refractivity contribution in [2.45, 2.75) is 6.54 Å². The van der Waals surface area contributed by atoms with Gasteiger partial charge in [0.15, 0.2) is 0 Å². The first kappa shape index (κ1) is 15.3. The molecule has 0 bridgehead atoms. The number of urea groups is 1. The predicted molar refractivity (Wildman–Crippen MR) is 69.1 cm³/mol. The molecule has 7 nitrogen and oxygen atoms in total. The second kappa shape index (κ2) is 5.71. The maximum absolute atomic E-state index is 11.9. The number of nitrogens with zero attached hydrogens (tertiary/aromatic N) is 2. The Morgan fingerprint density at radius 1 is 1.05 bits per heavy atom. The number of carboxylic acids is 1. The molecule has 2 rings (SSSR count). The highest BCUT2D eigenvalue weighted by atomic mass is 35.5. The van der Waals surface area contributed by atoms with Crippen molar-refractivity contribution >= 4 is 47.0 Å². The van der Waals surface area contributed by atoms with Gasteiger partial charge in [-0.2, -0.15) is 0 Å². The van der Waals surface area contributed by atoms with Crippen LogP contribution in [0.4, 0.5) is 4.79 Å². The van der Waals surface area contributed by atoms with Crippen LogP contribution in [0.25, 0.3) is 0 Å². The van der Waals surface area contributed by atoms with Crippen molar-refractivity contribution in [2.24, 2.45) is 0 Å². The zero-order valence-electron chi connectivity index (χ0n) is 10.3. The van der Waals surface area contributed by atoms with E-state index in [1.165, 1.54) is 12.1 Å². The Bertz CT molecular complexity index is 641. The molecule has 4 amide bonds. The van der Waals surface area contributed by atoms with E-state index < -0.39 is 30.4 Å². The van der Waals surface area contributed by atoms with Crippen molar-refractivity contribution in [2.75, 3.05) is 6.54 Å². The quantitative estimate of drug-likeness (QED) is 0.573. The molecule has 1 aromatic rings. The topological polar surface area (TPSA) is 97.8 Å². The summed E-state index contributed by atoms with van der Waals surface area (Å²) in [7, 11) is 0. The van der Waals surface area contributed by atoms with Crippen LogP contribution in [0, 0.1) is 0 Å². The highest BCUT2D eigenvalue weighted by Gasteiger charge is 2.44. The molecule has 1 aliphatic heterocycles. The highest BCUT2D eigenvalue weighted by Crippen LogP contribution is 2.27. The highest BCUT2D eigenvalue weighted by molar-refractivity contribution is 6.45. The van der Waals surface area contributed by atoms with Gasteiger partial charge < -0.3 is 9.90 Å². The summed E-state index contributed by atoms with van der Waals surface area (Å²) < 4.78 is 0. The molecule has 0 radical (unpaired) electrons. The fourth-order valence-corrected chi connectivity index (χ4v) is 2.32. The molecular formula is C12H7Cl2N2O5-. The molecule has 1 heterocycles. The molecule has 0 aliphatic carbocycles. The van der Waals surface area contributed by atoms with Gasteiger partial charge in [-0.1, -0.05) is 29.3 Å². The zero-order chi connectivity index (χ0) is 15.7. The fourth-order valence-electron chi connectivity index (χ4n) is 1.80. The molecule has 0 aromatic heterocycles. The molecule has 0 N–H and O–H groups in total. The lowest BCUT2D eigenvalue weighted by Crippen LogP contribution is -2.42. The average molecular weight is 330 g/mol. The van der Waals surface area contributed by atoms with Gasteiger partial charge in [0.25, 0.3) is 0 Å². The molecule has 0 saturated carbocycles. The lowest BCUT2D eigenvalue weighted by atomic mass is 10.2. The van der Waals surface area contributed by atoms with Gasteiger partial charge in [0, 0.05) is 15.6 Å². The Morgan fingerprint density at radius 2 is 1.57 bits per heavy atom. The van der Waals surface area contributed by atoms with Crippen LogP contribution < -0.4 is 5.11 Å². The Hall–Kier alpha value is -2.12. The third kappa shape index (κ3) is 2.84. The van der Waals surface area contributed by atoms with Crippen LogP contribution in [0.1, 0.15) is 5.56 Å². The number of rotatable bonds is 4. The van der Waals surface area contributed by atoms with Crippen molar-refractivity contribution in [1.82, 2.24) is 9.80 Å². The Balaban J connectivity index is 2.29. The van der Waals surface area contributed by atoms with Gasteiger partial charge in [0.1, 0.15) is 0 Å². The first-order chi connectivity index (χ1) is 9.82. The predicted octanol–water partition coefficient (Wildman–Crippen LogP) is 0.0341. The first-order valence-electron chi connectivity index (χ1n) is 5.63. The van der Waals surface area contributed by atoms with Gasteiger partial charge in [-0.3, -0.25) is 14.5 Å². The second-order valence-corrected chi connectivity index (χ2v) is 4.95. The molecule has 9 heteroatoms. The summed E-state index contributed by atoms with van der Waals surface area (Å²) in [5, 5.41) is 10.9. The maximum atomic E-state index is 11.9. The van der Waals surface area contributed by atoms with Crippen LogP contribution in [0.5, 0.6) is 0 Å². The molecule has 1 aliphatic rings. The summed E-state index contributed by atoms with van der Waals surface area (Å²) in [4.78, 5) is 46.6. The van der Waals surface area contributed by atoms with E-state index in [4.69, 9.17) is 23.2 Å². The third-order valence-corrected chi connectivity index (χ3v) is 3.51. The number of carbonyl (C=O) groups excluding carboxylic acids is 4. The van der Waals surface area contributed by atoms with Gasteiger partial charge in [-0.25, -0.2) is 9.69 Å². The van der Waals surface area contributed by atoms with E-state index in [-0.39, 0.29) is 22.2 Å². The number of carboxylic acid groups (broad SMARTS) is 1. The third-order valence-electron chi connectivity index (χ3n) is 2.80. The van der Waals surface area contributed by atoms with Gasteiger partial charge in [-0.05, 0) is 12.1 Å². The standard InChI is InChI=1S/C12H8Cl2N2O5/c13-7-2-1-3-8(14)6(7)4-15-10(19)11(20)16(12(15)21)5-9(17)18/h1-3H,4-5H2,(H,17,18)/p-1. The number of imide groups is 2. The van der Waals surface area contributed by atoms with E-state index >= 15 is 0 Å². The van der Waals surface area contributed by atoms with Crippen molar-refractivity contribution < 1.29 is 24.3 Å². The van der Waals surface area contributed by atoms with E-state index in [2.05, 4.69) is 0 Å². The average Bonchev–Trinajstić information content (AvgIpc) is 2.59. The summed E-state index contributed by atoms with van der Waals surface area (Å²) in [6.45, 7) is -1.32. The van der Waals surface area contributed by atoms with Crippen LogP contribution in [0.2, 0.25) is 10.0 Å². The number of carbonyl (C=O) groups is 4. The maximum Gasteiger partial charge on any atom is 0.334 e. The minimum absolute atomic E-state index is 0.217. The summed E-state index contributed by atoms with van der Waals surface area (Å²) in [6, 6.07) is 3.54. The monoisotopic (exact) mass is 329 g/mol. The second-order valence-electron chi connectivity index (χ2n) is 4.14. The SMILES string of the molecule is O=C([O-])CN1C(=O)C(=O)N(Cc2c(Cl)cccc2Cl)C1=O. The van der Waals surface area contributed by atoms with Gasteiger partial charge in [0.05, 0.1) is 19.1 Å². The summed E-state index contributed by atoms with van der Waals surface area (Å²) in [5.74, 6) is -4.02. The van der Waals surface area contributed by atoms with E-state index in [1.807, 2.05) is 0 Å². The molecule has 0 unspecified atom stereocenters. The number of aliphatic carboxylic acids is 1. The zero-order valence-corrected chi connectivity index (χ0v) is 11.8. The molecule has 0 atom stereocenters. The number of amides is 4. The fraction of sp³-hybridized carbons (Fsp3) is 0.167. The van der Waals surface area contributed by atoms with Crippen LogP contribution in [0.15, 0.2) is 18.2 Å². The molecule has 1 fully saturated rings. The number of hydrogen-bond donors (Lipinski definition) is 0. The van der Waals surface area contributed by atoms with Crippen molar-refractivity contribution in [1.29, 1.82) is 0 Å². The number of halogens is 2. The van der Waals surface area contributed by atoms with E-state index in [9.17, 15) is 24.3 Å². The molecular weight excluding hydrogens is 323 g/mol. The largest absolute Gasteiger partial charge is 0.548 e. The van der Waals surface area contributed by atoms with Gasteiger partial charge in [-0.15, -0.1) is 0 Å². The lowest BCUT2D eigenvalue weighted by Gasteiger charge is -2.17. The minimum atomic E-state index is -1.65. The number of hydrogen-bond acceptors (Lipinski definition) is 5. The Morgan fingerprint density at radius 3 is 2.10 bits per heavy atom. The Labute approximate surface area is 128 Å². The van der Waals surface area contributed by atoms with E-state index in [1.54, 1.807) is 6.07 Å². The minimum Gasteiger partial charge on any atom is -0.548 e. The number of benzene rings is 1. The lowest BCUT2D eigenvalue weighted by molar-refractivity contribution is -0.305. The van der Waals surface area contributed by atoms with Crippen molar-refractivity contribution in [3.63, 3.8) is 0 Å². The van der Waals surface area contributed by atoms with Crippen LogP contribution >= 0.6 is 23.2 Å². The van der Waals surface area contributed by atoms with Gasteiger partial charge >= 0.3 is 17.8 Å². The Kier molecular flexibility index (Phi) is 4.15. The molecule has 21 heavy (non-hydrogen) atoms.